The van der Waals surface area contributed by atoms with Gasteiger partial charge in [0.05, 0.1) is 23.6 Å². The number of hydrogen-bond donors (Lipinski definition) is 3. The minimum absolute atomic E-state index is 0.241. The van der Waals surface area contributed by atoms with Crippen molar-refractivity contribution in [2.75, 3.05) is 6.54 Å². The van der Waals surface area contributed by atoms with Crippen molar-refractivity contribution in [3.63, 3.8) is 0 Å². The van der Waals surface area contributed by atoms with Gasteiger partial charge in [0.25, 0.3) is 5.91 Å². The van der Waals surface area contributed by atoms with Crippen LogP contribution in [0.2, 0.25) is 5.02 Å². The van der Waals surface area contributed by atoms with Crippen molar-refractivity contribution in [3.8, 4) is 11.3 Å². The molecule has 0 saturated heterocycles. The smallest absolute Gasteiger partial charge is 0.255 e. The molecular weight excluding hydrogens is 278 g/mol. The van der Waals surface area contributed by atoms with Gasteiger partial charge in [-0.1, -0.05) is 29.8 Å². The van der Waals surface area contributed by atoms with Gasteiger partial charge in [0.15, 0.2) is 0 Å². The van der Waals surface area contributed by atoms with E-state index in [0.29, 0.717) is 29.2 Å². The second-order valence-electron chi connectivity index (χ2n) is 4.53. The number of halogens is 1. The minimum Gasteiger partial charge on any atom is -0.393 e. The van der Waals surface area contributed by atoms with Gasteiger partial charge in [-0.25, -0.2) is 0 Å². The molecule has 0 spiro atoms. The maximum atomic E-state index is 12.1. The Morgan fingerprint density at radius 3 is 2.95 bits per heavy atom. The normalized spacial score (nSPS) is 12.2. The molecule has 3 N–H and O–H groups in total. The molecule has 1 unspecified atom stereocenters. The van der Waals surface area contributed by atoms with E-state index < -0.39 is 6.10 Å². The number of aromatic amines is 1. The van der Waals surface area contributed by atoms with Gasteiger partial charge in [-0.3, -0.25) is 9.89 Å². The lowest BCUT2D eigenvalue weighted by molar-refractivity contribution is 0.0946. The average molecular weight is 294 g/mol. The van der Waals surface area contributed by atoms with E-state index in [9.17, 15) is 9.90 Å². The maximum Gasteiger partial charge on any atom is 0.255 e. The third-order valence-electron chi connectivity index (χ3n) is 2.87. The second-order valence-corrected chi connectivity index (χ2v) is 4.94. The molecule has 1 aromatic carbocycles. The number of aliphatic hydroxyl groups is 1. The van der Waals surface area contributed by atoms with Crippen LogP contribution in [-0.4, -0.2) is 33.9 Å². The molecule has 0 aliphatic rings. The van der Waals surface area contributed by atoms with Crippen LogP contribution in [0.4, 0.5) is 0 Å². The van der Waals surface area contributed by atoms with E-state index in [-0.39, 0.29) is 5.91 Å². The van der Waals surface area contributed by atoms with E-state index in [1.807, 2.05) is 18.2 Å². The molecule has 2 aromatic rings. The number of rotatable bonds is 5. The van der Waals surface area contributed by atoms with E-state index in [2.05, 4.69) is 15.5 Å². The Morgan fingerprint density at radius 2 is 2.25 bits per heavy atom. The van der Waals surface area contributed by atoms with E-state index in [1.165, 1.54) is 6.20 Å². The summed E-state index contributed by atoms with van der Waals surface area (Å²) in [5.74, 6) is -0.241. The van der Waals surface area contributed by atoms with Gasteiger partial charge in [-0.05, 0) is 19.4 Å². The largest absolute Gasteiger partial charge is 0.393 e. The van der Waals surface area contributed by atoms with Gasteiger partial charge in [0.1, 0.15) is 0 Å². The van der Waals surface area contributed by atoms with Gasteiger partial charge in [0, 0.05) is 17.1 Å². The highest BCUT2D eigenvalue weighted by molar-refractivity contribution is 6.33. The van der Waals surface area contributed by atoms with Gasteiger partial charge < -0.3 is 10.4 Å². The zero-order chi connectivity index (χ0) is 14.5. The first kappa shape index (κ1) is 14.6. The SMILES string of the molecule is CC(O)CCNC(=O)c1cn[nH]c1-c1ccccc1Cl. The van der Waals surface area contributed by atoms with Crippen molar-refractivity contribution in [2.45, 2.75) is 19.4 Å². The molecule has 1 atom stereocenters. The molecule has 0 saturated carbocycles. The molecule has 0 aliphatic heterocycles. The Balaban J connectivity index is 2.17. The highest BCUT2D eigenvalue weighted by Gasteiger charge is 2.16. The lowest BCUT2D eigenvalue weighted by atomic mass is 10.1. The number of aliphatic hydroxyl groups excluding tert-OH is 1. The number of carbonyl (C=O) groups is 1. The topological polar surface area (TPSA) is 78.0 Å². The van der Waals surface area contributed by atoms with Crippen LogP contribution in [0.15, 0.2) is 30.5 Å². The highest BCUT2D eigenvalue weighted by atomic mass is 35.5. The summed E-state index contributed by atoms with van der Waals surface area (Å²) in [6.45, 7) is 2.09. The lowest BCUT2D eigenvalue weighted by Crippen LogP contribution is -2.26. The first-order chi connectivity index (χ1) is 9.59. The lowest BCUT2D eigenvalue weighted by Gasteiger charge is -2.08. The first-order valence-corrected chi connectivity index (χ1v) is 6.72. The second kappa shape index (κ2) is 6.54. The average Bonchev–Trinajstić information content (AvgIpc) is 2.87. The van der Waals surface area contributed by atoms with E-state index in [0.717, 1.165) is 5.56 Å². The molecule has 106 valence electrons. The molecule has 1 amide bonds. The third kappa shape index (κ3) is 3.37. The number of nitrogens with one attached hydrogen (secondary N) is 2. The van der Waals surface area contributed by atoms with Crippen molar-refractivity contribution >= 4 is 17.5 Å². The number of hydrogen-bond acceptors (Lipinski definition) is 3. The Kier molecular flexibility index (Phi) is 4.76. The molecule has 0 bridgehead atoms. The molecule has 5 nitrogen and oxygen atoms in total. The first-order valence-electron chi connectivity index (χ1n) is 6.34. The van der Waals surface area contributed by atoms with Crippen LogP contribution < -0.4 is 5.32 Å². The van der Waals surface area contributed by atoms with Crippen LogP contribution in [0.5, 0.6) is 0 Å². The van der Waals surface area contributed by atoms with Crippen molar-refractivity contribution in [2.24, 2.45) is 0 Å². The molecule has 0 radical (unpaired) electrons. The van der Waals surface area contributed by atoms with Crippen molar-refractivity contribution in [1.29, 1.82) is 0 Å². The number of aromatic nitrogens is 2. The van der Waals surface area contributed by atoms with Gasteiger partial charge >= 0.3 is 0 Å². The number of H-pyrrole nitrogens is 1. The van der Waals surface area contributed by atoms with Crippen molar-refractivity contribution in [3.05, 3.63) is 41.0 Å². The summed E-state index contributed by atoms with van der Waals surface area (Å²) >= 11 is 6.13. The fourth-order valence-electron chi connectivity index (χ4n) is 1.82. The Morgan fingerprint density at radius 1 is 1.50 bits per heavy atom. The summed E-state index contributed by atoms with van der Waals surface area (Å²) < 4.78 is 0. The standard InChI is InChI=1S/C14H16ClN3O2/c1-9(19)6-7-16-14(20)11-8-17-18-13(11)10-4-2-3-5-12(10)15/h2-5,8-9,19H,6-7H2,1H3,(H,16,20)(H,17,18). The zero-order valence-electron chi connectivity index (χ0n) is 11.1. The van der Waals surface area contributed by atoms with E-state index >= 15 is 0 Å². The number of amides is 1. The number of benzene rings is 1. The number of nitrogens with zero attached hydrogens (tertiary/aromatic N) is 1. The zero-order valence-corrected chi connectivity index (χ0v) is 11.8. The molecule has 2 rings (SSSR count). The van der Waals surface area contributed by atoms with Crippen LogP contribution >= 0.6 is 11.6 Å². The molecule has 0 fully saturated rings. The summed E-state index contributed by atoms with van der Waals surface area (Å²) in [6.07, 6.45) is 1.53. The maximum absolute atomic E-state index is 12.1. The van der Waals surface area contributed by atoms with Crippen LogP contribution in [0.25, 0.3) is 11.3 Å². The molecule has 1 aromatic heterocycles. The van der Waals surface area contributed by atoms with Crippen molar-refractivity contribution < 1.29 is 9.90 Å². The summed E-state index contributed by atoms with van der Waals surface area (Å²) in [5.41, 5.74) is 1.75. The predicted octanol–water partition coefficient (Wildman–Crippen LogP) is 2.23. The summed E-state index contributed by atoms with van der Waals surface area (Å²) in [4.78, 5) is 12.1. The summed E-state index contributed by atoms with van der Waals surface area (Å²) in [5, 5.41) is 19.2. The van der Waals surface area contributed by atoms with Crippen LogP contribution in [0.1, 0.15) is 23.7 Å². The van der Waals surface area contributed by atoms with Crippen LogP contribution in [0, 0.1) is 0 Å². The summed E-state index contributed by atoms with van der Waals surface area (Å²) in [7, 11) is 0. The Bertz CT molecular complexity index is 596. The minimum atomic E-state index is -0.442. The van der Waals surface area contributed by atoms with Crippen molar-refractivity contribution in [1.82, 2.24) is 15.5 Å². The van der Waals surface area contributed by atoms with Gasteiger partial charge in [-0.2, -0.15) is 5.10 Å². The fraction of sp³-hybridized carbons (Fsp3) is 0.286. The molecule has 6 heteroatoms. The molecular formula is C14H16ClN3O2. The van der Waals surface area contributed by atoms with E-state index in [1.54, 1.807) is 13.0 Å². The molecule has 1 heterocycles. The Hall–Kier alpha value is -1.85. The van der Waals surface area contributed by atoms with Gasteiger partial charge in [-0.15, -0.1) is 0 Å². The van der Waals surface area contributed by atoms with E-state index in [4.69, 9.17) is 11.6 Å². The van der Waals surface area contributed by atoms with Gasteiger partial charge in [0.2, 0.25) is 0 Å². The summed E-state index contributed by atoms with van der Waals surface area (Å²) in [6, 6.07) is 7.25. The highest BCUT2D eigenvalue weighted by Crippen LogP contribution is 2.28. The number of carbonyl (C=O) groups excluding carboxylic acids is 1. The fourth-order valence-corrected chi connectivity index (χ4v) is 2.05. The Labute approximate surface area is 122 Å². The monoisotopic (exact) mass is 293 g/mol. The predicted molar refractivity (Wildman–Crippen MR) is 77.7 cm³/mol. The van der Waals surface area contributed by atoms with Crippen LogP contribution in [0.3, 0.4) is 0 Å². The molecule has 0 aliphatic carbocycles. The molecule has 20 heavy (non-hydrogen) atoms. The quantitative estimate of drug-likeness (QED) is 0.791. The van der Waals surface area contributed by atoms with Crippen LogP contribution in [-0.2, 0) is 0 Å². The third-order valence-corrected chi connectivity index (χ3v) is 3.20.